The number of rotatable bonds is 9. The van der Waals surface area contributed by atoms with Gasteiger partial charge in [0.2, 0.25) is 17.2 Å². The average molecular weight is 527 g/mol. The number of hydrogen-bond acceptors (Lipinski definition) is 9. The van der Waals surface area contributed by atoms with Crippen LogP contribution in [-0.4, -0.2) is 61.2 Å². The fourth-order valence-corrected chi connectivity index (χ4v) is 5.99. The van der Waals surface area contributed by atoms with Crippen LogP contribution in [-0.2, 0) is 32.0 Å². The van der Waals surface area contributed by atoms with Crippen LogP contribution in [0.3, 0.4) is 0 Å². The summed E-state index contributed by atoms with van der Waals surface area (Å²) in [5, 5.41) is 5.12. The summed E-state index contributed by atoms with van der Waals surface area (Å²) in [5.41, 5.74) is 6.90. The van der Waals surface area contributed by atoms with Crippen molar-refractivity contribution in [2.45, 2.75) is 44.9 Å². The first-order valence-corrected chi connectivity index (χ1v) is 13.1. The highest BCUT2D eigenvalue weighted by molar-refractivity contribution is 7.20. The molecule has 10 nitrogen and oxygen atoms in total. The molecule has 11 heteroatoms. The van der Waals surface area contributed by atoms with Crippen molar-refractivity contribution in [1.29, 1.82) is 0 Å². The average Bonchev–Trinajstić information content (AvgIpc) is 3.55. The van der Waals surface area contributed by atoms with E-state index >= 15 is 0 Å². The van der Waals surface area contributed by atoms with Crippen LogP contribution >= 0.6 is 11.3 Å². The zero-order valence-corrected chi connectivity index (χ0v) is 21.7. The van der Waals surface area contributed by atoms with Gasteiger partial charge in [-0.2, -0.15) is 5.10 Å². The fourth-order valence-electron chi connectivity index (χ4n) is 4.76. The van der Waals surface area contributed by atoms with E-state index in [1.807, 2.05) is 31.2 Å². The van der Waals surface area contributed by atoms with Crippen molar-refractivity contribution >= 4 is 33.4 Å². The minimum absolute atomic E-state index is 0.00509. The third-order valence-corrected chi connectivity index (χ3v) is 7.86. The standard InChI is InChI=1S/C26H30N4O6S/c1-15-22-23(32)18(13-21(27)31)29-30(26(22)37-24(15)25-28-9-12-35-25)14-20(36-16-7-10-34-11-8-16)17-5-3-4-6-19(17)33-2/h3-6,16,20H,7-14H2,1-2H3,(H2,27,31). The lowest BCUT2D eigenvalue weighted by Crippen LogP contribution is -2.29. The number of benzene rings is 1. The molecule has 37 heavy (non-hydrogen) atoms. The maximum atomic E-state index is 13.4. The van der Waals surface area contributed by atoms with Crippen molar-refractivity contribution in [2.24, 2.45) is 10.7 Å². The van der Waals surface area contributed by atoms with Gasteiger partial charge in [0.1, 0.15) is 29.0 Å². The summed E-state index contributed by atoms with van der Waals surface area (Å²) in [7, 11) is 1.63. The number of nitrogens with two attached hydrogens (primary N) is 1. The molecule has 1 aromatic carbocycles. The molecule has 0 aliphatic carbocycles. The molecule has 0 bridgehead atoms. The van der Waals surface area contributed by atoms with Crippen LogP contribution in [0.2, 0.25) is 0 Å². The molecule has 3 aromatic rings. The van der Waals surface area contributed by atoms with Crippen LogP contribution in [0.1, 0.15) is 40.6 Å². The Morgan fingerprint density at radius 1 is 1.27 bits per heavy atom. The zero-order chi connectivity index (χ0) is 25.9. The van der Waals surface area contributed by atoms with Gasteiger partial charge in [-0.05, 0) is 31.4 Å². The van der Waals surface area contributed by atoms with E-state index in [2.05, 4.69) is 10.1 Å². The van der Waals surface area contributed by atoms with E-state index < -0.39 is 12.0 Å². The summed E-state index contributed by atoms with van der Waals surface area (Å²) in [5.74, 6) is 0.610. The predicted octanol–water partition coefficient (Wildman–Crippen LogP) is 2.52. The van der Waals surface area contributed by atoms with Gasteiger partial charge in [0.25, 0.3) is 0 Å². The molecule has 2 aliphatic rings. The Balaban J connectivity index is 1.63. The monoisotopic (exact) mass is 526 g/mol. The Kier molecular flexibility index (Phi) is 7.54. The van der Waals surface area contributed by atoms with E-state index in [0.717, 1.165) is 28.8 Å². The van der Waals surface area contributed by atoms with Crippen molar-refractivity contribution in [3.63, 3.8) is 0 Å². The van der Waals surface area contributed by atoms with Gasteiger partial charge in [-0.15, -0.1) is 11.3 Å². The van der Waals surface area contributed by atoms with Crippen molar-refractivity contribution in [1.82, 2.24) is 9.78 Å². The van der Waals surface area contributed by atoms with Crippen LogP contribution in [0, 0.1) is 6.92 Å². The molecular formula is C26H30N4O6S. The number of fused-ring (bicyclic) bond motifs is 1. The Morgan fingerprint density at radius 2 is 2.05 bits per heavy atom. The van der Waals surface area contributed by atoms with E-state index in [1.165, 1.54) is 11.3 Å². The lowest BCUT2D eigenvalue weighted by atomic mass is 10.1. The van der Waals surface area contributed by atoms with Crippen LogP contribution in [0.25, 0.3) is 10.2 Å². The van der Waals surface area contributed by atoms with E-state index in [4.69, 9.17) is 24.7 Å². The molecule has 0 spiro atoms. The fraction of sp³-hybridized carbons (Fsp3) is 0.462. The predicted molar refractivity (Wildman–Crippen MR) is 140 cm³/mol. The van der Waals surface area contributed by atoms with Crippen molar-refractivity contribution in [2.75, 3.05) is 33.5 Å². The Bertz CT molecular complexity index is 1390. The maximum absolute atomic E-state index is 13.4. The molecule has 196 valence electrons. The third kappa shape index (κ3) is 5.25. The molecule has 1 fully saturated rings. The first-order chi connectivity index (χ1) is 18.0. The summed E-state index contributed by atoms with van der Waals surface area (Å²) >= 11 is 1.40. The molecule has 1 amide bonds. The second-order valence-corrected chi connectivity index (χ2v) is 10.1. The summed E-state index contributed by atoms with van der Waals surface area (Å²) in [4.78, 5) is 31.1. The molecule has 1 unspecified atom stereocenters. The number of methoxy groups -OCH3 is 1. The minimum atomic E-state index is -0.619. The van der Waals surface area contributed by atoms with E-state index in [1.54, 1.807) is 11.8 Å². The first kappa shape index (κ1) is 25.4. The number of ether oxygens (including phenoxy) is 4. The van der Waals surface area contributed by atoms with E-state index in [9.17, 15) is 9.59 Å². The van der Waals surface area contributed by atoms with Gasteiger partial charge in [0.05, 0.1) is 43.0 Å². The number of thiophene rings is 1. The van der Waals surface area contributed by atoms with Gasteiger partial charge in [-0.25, -0.2) is 4.99 Å². The molecule has 0 radical (unpaired) electrons. The highest BCUT2D eigenvalue weighted by Crippen LogP contribution is 2.35. The van der Waals surface area contributed by atoms with Crippen LogP contribution in [0.5, 0.6) is 5.75 Å². The number of primary amides is 1. The summed E-state index contributed by atoms with van der Waals surface area (Å²) < 4.78 is 25.3. The Hall–Kier alpha value is -3.28. The number of para-hydroxylation sites is 1. The topological polar surface area (TPSA) is 127 Å². The lowest BCUT2D eigenvalue weighted by molar-refractivity contribution is -0.117. The van der Waals surface area contributed by atoms with E-state index in [-0.39, 0.29) is 23.6 Å². The first-order valence-electron chi connectivity index (χ1n) is 12.3. The van der Waals surface area contributed by atoms with Gasteiger partial charge in [0.15, 0.2) is 0 Å². The molecule has 2 N–H and O–H groups in total. The highest BCUT2D eigenvalue weighted by Gasteiger charge is 2.28. The normalized spacial score (nSPS) is 17.0. The molecule has 1 atom stereocenters. The summed E-state index contributed by atoms with van der Waals surface area (Å²) in [6.45, 7) is 4.53. The zero-order valence-electron chi connectivity index (χ0n) is 20.9. The minimum Gasteiger partial charge on any atom is -0.496 e. The number of aliphatic imine (C=N–C) groups is 1. The van der Waals surface area contributed by atoms with Gasteiger partial charge in [-0.3, -0.25) is 14.3 Å². The smallest absolute Gasteiger partial charge is 0.227 e. The summed E-state index contributed by atoms with van der Waals surface area (Å²) in [6, 6.07) is 7.71. The molecule has 2 aromatic heterocycles. The molecule has 0 saturated carbocycles. The number of carbonyl (C=O) groups is 1. The highest BCUT2D eigenvalue weighted by atomic mass is 32.1. The number of amides is 1. The third-order valence-electron chi connectivity index (χ3n) is 6.56. The molecule has 5 rings (SSSR count). The quantitative estimate of drug-likeness (QED) is 0.454. The van der Waals surface area contributed by atoms with Crippen LogP contribution < -0.4 is 15.9 Å². The van der Waals surface area contributed by atoms with E-state index in [0.29, 0.717) is 54.8 Å². The van der Waals surface area contributed by atoms with Gasteiger partial charge >= 0.3 is 0 Å². The molecule has 4 heterocycles. The van der Waals surface area contributed by atoms with Crippen molar-refractivity contribution in [3.8, 4) is 5.75 Å². The van der Waals surface area contributed by atoms with Crippen molar-refractivity contribution in [3.05, 3.63) is 56.2 Å². The maximum Gasteiger partial charge on any atom is 0.227 e. The number of aryl methyl sites for hydroxylation is 1. The van der Waals surface area contributed by atoms with Crippen LogP contribution in [0.4, 0.5) is 0 Å². The number of nitrogens with zero attached hydrogens (tertiary/aromatic N) is 3. The number of carbonyl (C=O) groups excluding carboxylic acids is 1. The van der Waals surface area contributed by atoms with Crippen LogP contribution in [0.15, 0.2) is 34.1 Å². The number of hydrogen-bond donors (Lipinski definition) is 1. The molecule has 1 saturated heterocycles. The second kappa shape index (κ2) is 11.0. The van der Waals surface area contributed by atoms with Gasteiger partial charge in [0, 0.05) is 18.8 Å². The molecule has 2 aliphatic heterocycles. The second-order valence-electron chi connectivity index (χ2n) is 9.05. The summed E-state index contributed by atoms with van der Waals surface area (Å²) in [6.07, 6.45) is 0.891. The largest absolute Gasteiger partial charge is 0.496 e. The number of aromatic nitrogens is 2. The lowest BCUT2D eigenvalue weighted by Gasteiger charge is -2.29. The van der Waals surface area contributed by atoms with Gasteiger partial charge < -0.3 is 24.7 Å². The SMILES string of the molecule is COc1ccccc1C(Cn1nc(CC(N)=O)c(=O)c2c(C)c(C3=NCCO3)sc21)OC1CCOCC1. The molecular weight excluding hydrogens is 496 g/mol. The Labute approximate surface area is 218 Å². The van der Waals surface area contributed by atoms with Crippen molar-refractivity contribution < 1.29 is 23.7 Å². The van der Waals surface area contributed by atoms with Gasteiger partial charge in [-0.1, -0.05) is 18.2 Å². The Morgan fingerprint density at radius 3 is 2.76 bits per heavy atom.